The molecule has 2 aromatic heterocycles. The van der Waals surface area contributed by atoms with Crippen LogP contribution >= 0.6 is 11.3 Å². The number of pyridine rings is 1. The van der Waals surface area contributed by atoms with Crippen LogP contribution in [0.15, 0.2) is 48.1 Å². The molecule has 0 spiro atoms. The molecule has 0 amide bonds. The molecular formula is C18H17N3S+2. The molecule has 0 fully saturated rings. The van der Waals surface area contributed by atoms with Crippen LogP contribution in [0.3, 0.4) is 0 Å². The quantitative estimate of drug-likeness (QED) is 0.670. The van der Waals surface area contributed by atoms with Crippen molar-refractivity contribution in [2.75, 3.05) is 0 Å². The molecule has 0 saturated carbocycles. The standard InChI is InChI=1S/C18H17N3S/c1-13-6-4-5-7-21(13)17-11-15(12-19)10-16(14(17)2)18-20(3)8-9-22-18/h4-11H,1-3H3/q+2. The summed E-state index contributed by atoms with van der Waals surface area (Å²) >= 11 is 1.69. The predicted octanol–water partition coefficient (Wildman–Crippen LogP) is 3.00. The summed E-state index contributed by atoms with van der Waals surface area (Å²) in [5.74, 6) is 0. The van der Waals surface area contributed by atoms with Crippen molar-refractivity contribution >= 4 is 11.3 Å². The Morgan fingerprint density at radius 1 is 1.14 bits per heavy atom. The molecule has 0 aliphatic rings. The number of hydrogen-bond acceptors (Lipinski definition) is 2. The molecule has 108 valence electrons. The molecule has 0 N–H and O–H groups in total. The van der Waals surface area contributed by atoms with Crippen LogP contribution in [0.5, 0.6) is 0 Å². The molecule has 0 unspecified atom stereocenters. The van der Waals surface area contributed by atoms with E-state index in [1.807, 2.05) is 43.7 Å². The average Bonchev–Trinajstić information content (AvgIpc) is 2.94. The van der Waals surface area contributed by atoms with E-state index in [-0.39, 0.29) is 0 Å². The third kappa shape index (κ3) is 2.40. The van der Waals surface area contributed by atoms with Gasteiger partial charge in [0, 0.05) is 30.7 Å². The molecule has 4 heteroatoms. The molecule has 1 aromatic carbocycles. The Balaban J connectivity index is 2.31. The summed E-state index contributed by atoms with van der Waals surface area (Å²) < 4.78 is 4.23. The number of thiazole rings is 1. The van der Waals surface area contributed by atoms with Gasteiger partial charge in [-0.1, -0.05) is 17.4 Å². The maximum atomic E-state index is 9.40. The number of nitriles is 1. The van der Waals surface area contributed by atoms with Crippen molar-refractivity contribution in [2.45, 2.75) is 13.8 Å². The number of aromatic nitrogens is 2. The van der Waals surface area contributed by atoms with Gasteiger partial charge in [0.2, 0.25) is 5.69 Å². The van der Waals surface area contributed by atoms with Crippen LogP contribution in [-0.4, -0.2) is 0 Å². The molecular weight excluding hydrogens is 290 g/mol. The van der Waals surface area contributed by atoms with E-state index in [1.165, 1.54) is 5.56 Å². The minimum absolute atomic E-state index is 0.680. The fourth-order valence-corrected chi connectivity index (χ4v) is 3.56. The average molecular weight is 307 g/mol. The van der Waals surface area contributed by atoms with E-state index in [9.17, 15) is 5.26 Å². The van der Waals surface area contributed by atoms with Gasteiger partial charge in [0.05, 0.1) is 22.6 Å². The molecule has 0 saturated heterocycles. The van der Waals surface area contributed by atoms with Crippen molar-refractivity contribution in [1.29, 1.82) is 5.26 Å². The Morgan fingerprint density at radius 2 is 1.95 bits per heavy atom. The van der Waals surface area contributed by atoms with Gasteiger partial charge in [-0.25, -0.2) is 0 Å². The van der Waals surface area contributed by atoms with Crippen LogP contribution in [0.4, 0.5) is 0 Å². The summed E-state index contributed by atoms with van der Waals surface area (Å²) in [5, 5.41) is 12.6. The molecule has 3 rings (SSSR count). The van der Waals surface area contributed by atoms with Crippen molar-refractivity contribution in [3.63, 3.8) is 0 Å². The van der Waals surface area contributed by atoms with Gasteiger partial charge in [-0.15, -0.1) is 0 Å². The number of benzene rings is 1. The van der Waals surface area contributed by atoms with Crippen molar-refractivity contribution in [1.82, 2.24) is 0 Å². The van der Waals surface area contributed by atoms with Crippen LogP contribution in [0, 0.1) is 25.2 Å². The Kier molecular flexibility index (Phi) is 3.74. The van der Waals surface area contributed by atoms with Crippen LogP contribution in [0.1, 0.15) is 16.8 Å². The molecule has 3 aromatic rings. The third-order valence-electron chi connectivity index (χ3n) is 3.85. The lowest BCUT2D eigenvalue weighted by atomic mass is 10.0. The van der Waals surface area contributed by atoms with Gasteiger partial charge >= 0.3 is 0 Å². The Labute approximate surface area is 134 Å². The van der Waals surface area contributed by atoms with Gasteiger partial charge in [0.25, 0.3) is 5.01 Å². The molecule has 0 radical (unpaired) electrons. The summed E-state index contributed by atoms with van der Waals surface area (Å²) in [4.78, 5) is 0. The summed E-state index contributed by atoms with van der Waals surface area (Å²) in [7, 11) is 2.03. The Bertz CT molecular complexity index is 888. The maximum absolute atomic E-state index is 9.40. The first-order valence-corrected chi connectivity index (χ1v) is 7.95. The van der Waals surface area contributed by atoms with E-state index >= 15 is 0 Å². The van der Waals surface area contributed by atoms with Crippen molar-refractivity contribution in [2.24, 2.45) is 7.05 Å². The van der Waals surface area contributed by atoms with Crippen LogP contribution in [-0.2, 0) is 7.05 Å². The number of nitrogens with zero attached hydrogens (tertiary/aromatic N) is 3. The monoisotopic (exact) mass is 307 g/mol. The highest BCUT2D eigenvalue weighted by Crippen LogP contribution is 2.28. The molecule has 22 heavy (non-hydrogen) atoms. The Morgan fingerprint density at radius 3 is 2.59 bits per heavy atom. The summed E-state index contributed by atoms with van der Waals surface area (Å²) in [6.07, 6.45) is 4.08. The Hall–Kier alpha value is -2.51. The fourth-order valence-electron chi connectivity index (χ4n) is 2.63. The van der Waals surface area contributed by atoms with Gasteiger partial charge < -0.3 is 0 Å². The van der Waals surface area contributed by atoms with E-state index in [4.69, 9.17) is 0 Å². The number of rotatable bonds is 2. The predicted molar refractivity (Wildman–Crippen MR) is 86.7 cm³/mol. The van der Waals surface area contributed by atoms with Crippen molar-refractivity contribution < 1.29 is 9.13 Å². The van der Waals surface area contributed by atoms with Gasteiger partial charge in [0.15, 0.2) is 18.1 Å². The lowest BCUT2D eigenvalue weighted by Crippen LogP contribution is -2.35. The number of hydrogen-bond donors (Lipinski definition) is 0. The first-order chi connectivity index (χ1) is 10.6. The molecule has 0 atom stereocenters. The highest BCUT2D eigenvalue weighted by Gasteiger charge is 2.22. The smallest absolute Gasteiger partial charge is 0.192 e. The van der Waals surface area contributed by atoms with E-state index in [0.717, 1.165) is 22.0 Å². The molecule has 3 nitrogen and oxygen atoms in total. The van der Waals surface area contributed by atoms with Gasteiger partial charge in [0.1, 0.15) is 7.05 Å². The summed E-state index contributed by atoms with van der Waals surface area (Å²) in [5.41, 5.74) is 5.17. The highest BCUT2D eigenvalue weighted by atomic mass is 32.1. The lowest BCUT2D eigenvalue weighted by molar-refractivity contribution is -0.656. The first-order valence-electron chi connectivity index (χ1n) is 7.07. The fraction of sp³-hybridized carbons (Fsp3) is 0.167. The SMILES string of the molecule is Cc1c(-c2scc[n+]2C)cc(C#N)cc1-[n+]1ccccc1C. The normalized spacial score (nSPS) is 10.5. The zero-order chi connectivity index (χ0) is 15.7. The second kappa shape index (κ2) is 5.70. The van der Waals surface area contributed by atoms with Gasteiger partial charge in [-0.2, -0.15) is 14.4 Å². The van der Waals surface area contributed by atoms with E-state index < -0.39 is 0 Å². The van der Waals surface area contributed by atoms with Crippen molar-refractivity contribution in [3.05, 3.63) is 64.9 Å². The van der Waals surface area contributed by atoms with Gasteiger partial charge in [-0.3, -0.25) is 0 Å². The highest BCUT2D eigenvalue weighted by molar-refractivity contribution is 7.12. The molecule has 2 heterocycles. The van der Waals surface area contributed by atoms with Crippen LogP contribution in [0.25, 0.3) is 16.3 Å². The van der Waals surface area contributed by atoms with E-state index in [2.05, 4.69) is 40.5 Å². The zero-order valence-corrected chi connectivity index (χ0v) is 13.7. The van der Waals surface area contributed by atoms with Gasteiger partial charge in [-0.05, 0) is 13.0 Å². The second-order valence-corrected chi connectivity index (χ2v) is 6.21. The lowest BCUT2D eigenvalue weighted by Gasteiger charge is -2.07. The molecule has 0 aliphatic carbocycles. The van der Waals surface area contributed by atoms with Crippen molar-refractivity contribution in [3.8, 4) is 22.3 Å². The topological polar surface area (TPSA) is 31.5 Å². The van der Waals surface area contributed by atoms with Crippen LogP contribution in [0.2, 0.25) is 0 Å². The maximum Gasteiger partial charge on any atom is 0.269 e. The minimum Gasteiger partial charge on any atom is -0.192 e. The third-order valence-corrected chi connectivity index (χ3v) is 4.84. The minimum atomic E-state index is 0.680. The largest absolute Gasteiger partial charge is 0.269 e. The van der Waals surface area contributed by atoms with E-state index in [1.54, 1.807) is 11.3 Å². The summed E-state index contributed by atoms with van der Waals surface area (Å²) in [6, 6.07) is 12.3. The second-order valence-electron chi connectivity index (χ2n) is 5.31. The molecule has 0 aliphatic heterocycles. The zero-order valence-electron chi connectivity index (χ0n) is 12.9. The van der Waals surface area contributed by atoms with E-state index in [0.29, 0.717) is 5.56 Å². The summed E-state index contributed by atoms with van der Waals surface area (Å²) in [6.45, 7) is 4.19. The molecule has 0 bridgehead atoms. The number of aryl methyl sites for hydroxylation is 2. The first kappa shape index (κ1) is 14.4. The van der Waals surface area contributed by atoms with Crippen LogP contribution < -0.4 is 9.13 Å².